The molecule has 8 heteroatoms. The molecule has 1 unspecified atom stereocenters. The van der Waals surface area contributed by atoms with E-state index >= 15 is 0 Å². The van der Waals surface area contributed by atoms with Crippen molar-refractivity contribution >= 4 is 28.5 Å². The van der Waals surface area contributed by atoms with Crippen molar-refractivity contribution in [3.8, 4) is 0 Å². The molecule has 1 amide bonds. The van der Waals surface area contributed by atoms with Crippen LogP contribution in [0, 0.1) is 0 Å². The van der Waals surface area contributed by atoms with Gasteiger partial charge < -0.3 is 5.73 Å². The molecule has 0 saturated carbocycles. The third kappa shape index (κ3) is 1.86. The molecular formula is C4H10ClN3O3S. The number of nitrogens with two attached hydrogens (primary N) is 1. The Hall–Kier alpha value is -0.370. The highest BCUT2D eigenvalue weighted by Gasteiger charge is 2.36. The van der Waals surface area contributed by atoms with Crippen molar-refractivity contribution in [1.29, 1.82) is 0 Å². The molecule has 1 fully saturated rings. The van der Waals surface area contributed by atoms with Gasteiger partial charge in [0.25, 0.3) is 5.91 Å². The van der Waals surface area contributed by atoms with Gasteiger partial charge in [-0.05, 0) is 6.92 Å². The summed E-state index contributed by atoms with van der Waals surface area (Å²) in [5.41, 5.74) is 5.25. The van der Waals surface area contributed by atoms with E-state index in [9.17, 15) is 13.2 Å². The summed E-state index contributed by atoms with van der Waals surface area (Å²) < 4.78 is 24.5. The second-order valence-electron chi connectivity index (χ2n) is 2.26. The normalized spacial score (nSPS) is 23.5. The minimum atomic E-state index is -3.63. The Labute approximate surface area is 76.7 Å². The quantitative estimate of drug-likeness (QED) is 0.551. The summed E-state index contributed by atoms with van der Waals surface area (Å²) in [5, 5.41) is 0. The Bertz CT molecular complexity index is 275. The minimum Gasteiger partial charge on any atom is -0.311 e. The van der Waals surface area contributed by atoms with E-state index in [4.69, 9.17) is 5.73 Å². The topological polar surface area (TPSA) is 92.5 Å². The molecule has 0 aromatic heterocycles. The molecule has 72 valence electrons. The maximum absolute atomic E-state index is 10.9. The average Bonchev–Trinajstić information content (AvgIpc) is 2.06. The zero-order chi connectivity index (χ0) is 8.65. The molecule has 1 saturated heterocycles. The van der Waals surface area contributed by atoms with Crippen LogP contribution in [0.1, 0.15) is 6.92 Å². The lowest BCUT2D eigenvalue weighted by Gasteiger charge is -2.17. The number of rotatable bonds is 1. The average molecular weight is 216 g/mol. The van der Waals surface area contributed by atoms with Gasteiger partial charge in [-0.3, -0.25) is 4.79 Å². The summed E-state index contributed by atoms with van der Waals surface area (Å²) in [6, 6.07) is 0. The van der Waals surface area contributed by atoms with Crippen molar-refractivity contribution in [3.05, 3.63) is 0 Å². The van der Waals surface area contributed by atoms with Gasteiger partial charge in [-0.1, -0.05) is 0 Å². The summed E-state index contributed by atoms with van der Waals surface area (Å²) in [4.78, 5) is 10.8. The Morgan fingerprint density at radius 2 is 2.17 bits per heavy atom. The van der Waals surface area contributed by atoms with Crippen LogP contribution < -0.4 is 10.5 Å². The van der Waals surface area contributed by atoms with E-state index in [2.05, 4.69) is 0 Å². The zero-order valence-electron chi connectivity index (χ0n) is 6.35. The van der Waals surface area contributed by atoms with Crippen LogP contribution in [0.5, 0.6) is 0 Å². The number of nitrogens with zero attached hydrogens (tertiary/aromatic N) is 1. The van der Waals surface area contributed by atoms with Gasteiger partial charge in [-0.25, -0.2) is 4.31 Å². The lowest BCUT2D eigenvalue weighted by atomic mass is 10.5. The fourth-order valence-corrected chi connectivity index (χ4v) is 2.10. The van der Waals surface area contributed by atoms with Gasteiger partial charge in [0.15, 0.2) is 0 Å². The van der Waals surface area contributed by atoms with Crippen LogP contribution in [0.15, 0.2) is 0 Å². The molecule has 0 aromatic carbocycles. The lowest BCUT2D eigenvalue weighted by molar-refractivity contribution is -0.125. The van der Waals surface area contributed by atoms with Crippen LogP contribution in [0.25, 0.3) is 0 Å². The van der Waals surface area contributed by atoms with Crippen LogP contribution in [0.4, 0.5) is 0 Å². The summed E-state index contributed by atoms with van der Waals surface area (Å²) in [6.45, 7) is 1.24. The Kier molecular flexibility index (Phi) is 3.45. The fraction of sp³-hybridized carbons (Fsp3) is 0.750. The maximum atomic E-state index is 10.9. The van der Waals surface area contributed by atoms with E-state index in [1.54, 1.807) is 0 Å². The van der Waals surface area contributed by atoms with Gasteiger partial charge >= 0.3 is 10.2 Å². The molecule has 0 radical (unpaired) electrons. The van der Waals surface area contributed by atoms with Gasteiger partial charge in [0.2, 0.25) is 0 Å². The van der Waals surface area contributed by atoms with Crippen LogP contribution in [0.3, 0.4) is 0 Å². The summed E-state index contributed by atoms with van der Waals surface area (Å²) >= 11 is 0. The summed E-state index contributed by atoms with van der Waals surface area (Å²) in [7, 11) is -3.63. The number of carbonyl (C=O) groups is 1. The molecule has 0 aromatic rings. The van der Waals surface area contributed by atoms with Crippen molar-refractivity contribution in [2.24, 2.45) is 5.73 Å². The largest absolute Gasteiger partial charge is 0.311 e. The summed E-state index contributed by atoms with van der Waals surface area (Å²) in [6.07, 6.45) is -0.803. The number of carbonyl (C=O) groups excluding carboxylic acids is 1. The van der Waals surface area contributed by atoms with Gasteiger partial charge in [0, 0.05) is 0 Å². The number of nitrogens with one attached hydrogen (secondary N) is 1. The molecule has 1 atom stereocenters. The van der Waals surface area contributed by atoms with Crippen molar-refractivity contribution in [1.82, 2.24) is 9.03 Å². The molecule has 1 aliphatic heterocycles. The van der Waals surface area contributed by atoms with E-state index in [0.717, 1.165) is 0 Å². The molecule has 0 spiro atoms. The molecule has 1 rings (SSSR count). The third-order valence-electron chi connectivity index (χ3n) is 1.28. The lowest BCUT2D eigenvalue weighted by Crippen LogP contribution is -2.44. The van der Waals surface area contributed by atoms with Gasteiger partial charge in [-0.15, -0.1) is 12.4 Å². The first-order chi connectivity index (χ1) is 4.95. The smallest absolute Gasteiger partial charge is 0.305 e. The Morgan fingerprint density at radius 1 is 1.67 bits per heavy atom. The van der Waals surface area contributed by atoms with Gasteiger partial charge in [-0.2, -0.15) is 13.1 Å². The number of halogens is 1. The molecule has 6 nitrogen and oxygen atoms in total. The van der Waals surface area contributed by atoms with Crippen LogP contribution in [-0.2, 0) is 15.0 Å². The predicted molar refractivity (Wildman–Crippen MR) is 44.7 cm³/mol. The van der Waals surface area contributed by atoms with Crippen LogP contribution in [-0.4, -0.2) is 31.3 Å². The molecule has 3 N–H and O–H groups in total. The van der Waals surface area contributed by atoms with Crippen molar-refractivity contribution in [2.45, 2.75) is 13.1 Å². The van der Waals surface area contributed by atoms with Gasteiger partial charge in [0.1, 0.15) is 0 Å². The predicted octanol–water partition coefficient (Wildman–Crippen LogP) is -1.61. The van der Waals surface area contributed by atoms with E-state index in [1.807, 2.05) is 4.72 Å². The van der Waals surface area contributed by atoms with E-state index < -0.39 is 22.3 Å². The molecular weight excluding hydrogens is 206 g/mol. The first-order valence-electron chi connectivity index (χ1n) is 3.02. The zero-order valence-corrected chi connectivity index (χ0v) is 7.98. The standard InChI is InChI=1S/C4H9N3O3S.ClH/c1-3(5)7-4(8)2-6-11(7,9)10;/h3,6H,2,5H2,1H3;1H. The Morgan fingerprint density at radius 3 is 2.33 bits per heavy atom. The van der Waals surface area contributed by atoms with Crippen LogP contribution in [0.2, 0.25) is 0 Å². The SMILES string of the molecule is CC(N)N1C(=O)CNS1(=O)=O.Cl. The number of hydrogen-bond acceptors (Lipinski definition) is 4. The van der Waals surface area contributed by atoms with Gasteiger partial charge in [0.05, 0.1) is 12.7 Å². The first-order valence-corrected chi connectivity index (χ1v) is 4.46. The molecule has 1 heterocycles. The van der Waals surface area contributed by atoms with E-state index in [1.165, 1.54) is 6.92 Å². The molecule has 1 aliphatic rings. The monoisotopic (exact) mass is 215 g/mol. The van der Waals surface area contributed by atoms with Crippen molar-refractivity contribution in [2.75, 3.05) is 6.54 Å². The highest BCUT2D eigenvalue weighted by Crippen LogP contribution is 2.07. The van der Waals surface area contributed by atoms with Crippen LogP contribution >= 0.6 is 12.4 Å². The Balaban J connectivity index is 0.00000121. The fourth-order valence-electron chi connectivity index (χ4n) is 0.880. The second kappa shape index (κ2) is 3.56. The third-order valence-corrected chi connectivity index (χ3v) is 2.84. The second-order valence-corrected chi connectivity index (χ2v) is 3.89. The highest BCUT2D eigenvalue weighted by molar-refractivity contribution is 7.88. The summed E-state index contributed by atoms with van der Waals surface area (Å²) in [5.74, 6) is -0.514. The molecule has 0 bridgehead atoms. The molecule has 0 aliphatic carbocycles. The highest BCUT2D eigenvalue weighted by atomic mass is 35.5. The van der Waals surface area contributed by atoms with E-state index in [0.29, 0.717) is 4.31 Å². The number of amides is 1. The molecule has 12 heavy (non-hydrogen) atoms. The first kappa shape index (κ1) is 11.6. The van der Waals surface area contributed by atoms with E-state index in [-0.39, 0.29) is 19.0 Å². The number of hydrogen-bond donors (Lipinski definition) is 2. The van der Waals surface area contributed by atoms with Crippen molar-refractivity contribution < 1.29 is 13.2 Å². The minimum absolute atomic E-state index is 0. The maximum Gasteiger partial charge on any atom is 0.305 e. The van der Waals surface area contributed by atoms with Crippen molar-refractivity contribution in [3.63, 3.8) is 0 Å².